The van der Waals surface area contributed by atoms with Gasteiger partial charge in [0.25, 0.3) is 5.91 Å². The van der Waals surface area contributed by atoms with Gasteiger partial charge in [-0.3, -0.25) is 4.79 Å². The van der Waals surface area contributed by atoms with Gasteiger partial charge in [0.05, 0.1) is 35.9 Å². The van der Waals surface area contributed by atoms with E-state index in [1.807, 2.05) is 6.07 Å². The van der Waals surface area contributed by atoms with Crippen molar-refractivity contribution < 1.29 is 22.7 Å². The molecule has 8 nitrogen and oxygen atoms in total. The number of carbonyl (C=O) groups excluding carboxylic acids is 1. The van der Waals surface area contributed by atoms with Crippen molar-refractivity contribution in [2.75, 3.05) is 19.5 Å². The summed E-state index contributed by atoms with van der Waals surface area (Å²) in [5.74, 6) is 0.679. The van der Waals surface area contributed by atoms with Crippen molar-refractivity contribution in [1.82, 2.24) is 4.98 Å². The van der Waals surface area contributed by atoms with Gasteiger partial charge < -0.3 is 14.8 Å². The molecule has 0 bridgehead atoms. The zero-order valence-electron chi connectivity index (χ0n) is 18.2. The van der Waals surface area contributed by atoms with E-state index in [1.54, 1.807) is 43.5 Å². The molecule has 0 radical (unpaired) electrons. The molecule has 10 heteroatoms. The molecule has 0 atom stereocenters. The molecule has 1 heterocycles. The summed E-state index contributed by atoms with van der Waals surface area (Å²) in [5, 5.41) is 8.94. The summed E-state index contributed by atoms with van der Waals surface area (Å²) in [4.78, 5) is 17.9. The van der Waals surface area contributed by atoms with Crippen LogP contribution < -0.4 is 19.9 Å². The fraction of sp³-hybridized carbons (Fsp3) is 0.0833. The number of methoxy groups -OCH3 is 2. The lowest BCUT2D eigenvalue weighted by Crippen LogP contribution is -2.14. The molecule has 0 saturated heterocycles. The van der Waals surface area contributed by atoms with E-state index in [2.05, 4.69) is 5.32 Å². The molecule has 174 valence electrons. The number of pyridine rings is 1. The van der Waals surface area contributed by atoms with Gasteiger partial charge in [-0.05, 0) is 66.7 Å². The number of benzene rings is 3. The molecular formula is C24H20ClN3O5S. The highest BCUT2D eigenvalue weighted by Gasteiger charge is 2.17. The van der Waals surface area contributed by atoms with Crippen LogP contribution in [0, 0.1) is 0 Å². The van der Waals surface area contributed by atoms with Crippen LogP contribution in [0.4, 0.5) is 5.69 Å². The molecule has 3 aromatic carbocycles. The number of halogens is 1. The zero-order chi connectivity index (χ0) is 24.5. The molecule has 0 aliphatic rings. The maximum absolute atomic E-state index is 13.3. The second-order valence-corrected chi connectivity index (χ2v) is 9.31. The summed E-state index contributed by atoms with van der Waals surface area (Å²) >= 11 is 6.19. The van der Waals surface area contributed by atoms with Crippen LogP contribution in [0.25, 0.3) is 22.2 Å². The van der Waals surface area contributed by atoms with Crippen molar-refractivity contribution in [1.29, 1.82) is 0 Å². The number of carbonyl (C=O) groups is 1. The van der Waals surface area contributed by atoms with Gasteiger partial charge in [0, 0.05) is 21.7 Å². The second-order valence-electron chi connectivity index (χ2n) is 7.31. The van der Waals surface area contributed by atoms with E-state index < -0.39 is 15.9 Å². The van der Waals surface area contributed by atoms with E-state index in [4.69, 9.17) is 31.2 Å². The van der Waals surface area contributed by atoms with Gasteiger partial charge in [-0.15, -0.1) is 0 Å². The Balaban J connectivity index is 1.78. The molecule has 0 spiro atoms. The Morgan fingerprint density at radius 3 is 2.29 bits per heavy atom. The maximum Gasteiger partial charge on any atom is 0.256 e. The molecule has 0 fully saturated rings. The monoisotopic (exact) mass is 497 g/mol. The number of rotatable bonds is 6. The largest absolute Gasteiger partial charge is 0.493 e. The number of hydrogen-bond donors (Lipinski definition) is 2. The first-order chi connectivity index (χ1) is 16.2. The zero-order valence-corrected chi connectivity index (χ0v) is 19.8. The number of hydrogen-bond acceptors (Lipinski definition) is 6. The van der Waals surface area contributed by atoms with Crippen molar-refractivity contribution in [3.63, 3.8) is 0 Å². The summed E-state index contributed by atoms with van der Waals surface area (Å²) in [6.07, 6.45) is 0. The number of ether oxygens (including phenoxy) is 2. The van der Waals surface area contributed by atoms with Gasteiger partial charge >= 0.3 is 0 Å². The standard InChI is InChI=1S/C24H20ClN3O5S/c1-32-22-10-3-14(11-23(22)33-2)21-13-19(18-12-15(25)4-9-20(18)28-21)24(29)27-16-5-7-17(8-6-16)34(26,30)31/h3-13H,1-2H3,(H,27,29)(H2,26,30,31). The Morgan fingerprint density at radius 2 is 1.65 bits per heavy atom. The lowest BCUT2D eigenvalue weighted by Gasteiger charge is -2.13. The lowest BCUT2D eigenvalue weighted by atomic mass is 10.0. The third-order valence-electron chi connectivity index (χ3n) is 5.14. The summed E-state index contributed by atoms with van der Waals surface area (Å²) in [6, 6.07) is 17.7. The predicted octanol–water partition coefficient (Wildman–Crippen LogP) is 4.47. The minimum absolute atomic E-state index is 0.0534. The molecular weight excluding hydrogens is 478 g/mol. The van der Waals surface area contributed by atoms with Crippen molar-refractivity contribution in [3.05, 3.63) is 77.3 Å². The summed E-state index contributed by atoms with van der Waals surface area (Å²) in [6.45, 7) is 0. The third kappa shape index (κ3) is 4.81. The van der Waals surface area contributed by atoms with Crippen LogP contribution in [-0.4, -0.2) is 33.5 Å². The average Bonchev–Trinajstić information content (AvgIpc) is 2.82. The van der Waals surface area contributed by atoms with Crippen LogP contribution in [0.2, 0.25) is 5.02 Å². The molecule has 0 aliphatic heterocycles. The Hall–Kier alpha value is -3.66. The molecule has 34 heavy (non-hydrogen) atoms. The molecule has 1 aromatic heterocycles. The molecule has 3 N–H and O–H groups in total. The number of sulfonamides is 1. The van der Waals surface area contributed by atoms with Gasteiger partial charge in [-0.25, -0.2) is 18.5 Å². The van der Waals surface area contributed by atoms with E-state index in [0.717, 1.165) is 5.56 Å². The first-order valence-corrected chi connectivity index (χ1v) is 11.9. The van der Waals surface area contributed by atoms with Crippen LogP contribution in [-0.2, 0) is 10.0 Å². The van der Waals surface area contributed by atoms with Crippen LogP contribution in [0.1, 0.15) is 10.4 Å². The normalized spacial score (nSPS) is 11.3. The highest BCUT2D eigenvalue weighted by Crippen LogP contribution is 2.34. The minimum Gasteiger partial charge on any atom is -0.493 e. The van der Waals surface area contributed by atoms with Crippen molar-refractivity contribution in [2.24, 2.45) is 5.14 Å². The van der Waals surface area contributed by atoms with E-state index in [9.17, 15) is 13.2 Å². The van der Waals surface area contributed by atoms with Gasteiger partial charge in [0.2, 0.25) is 10.0 Å². The Kier molecular flexibility index (Phi) is 6.43. The number of primary sulfonamides is 1. The summed E-state index contributed by atoms with van der Waals surface area (Å²) in [7, 11) is -0.747. The minimum atomic E-state index is -3.84. The highest BCUT2D eigenvalue weighted by atomic mass is 35.5. The van der Waals surface area contributed by atoms with Gasteiger partial charge in [-0.2, -0.15) is 0 Å². The number of amides is 1. The van der Waals surface area contributed by atoms with E-state index in [0.29, 0.717) is 44.4 Å². The van der Waals surface area contributed by atoms with Crippen LogP contribution in [0.5, 0.6) is 11.5 Å². The highest BCUT2D eigenvalue weighted by molar-refractivity contribution is 7.89. The van der Waals surface area contributed by atoms with E-state index >= 15 is 0 Å². The summed E-state index contributed by atoms with van der Waals surface area (Å²) < 4.78 is 33.6. The SMILES string of the molecule is COc1ccc(-c2cc(C(=O)Nc3ccc(S(N)(=O)=O)cc3)c3cc(Cl)ccc3n2)cc1OC. The van der Waals surface area contributed by atoms with Gasteiger partial charge in [-0.1, -0.05) is 11.6 Å². The molecule has 4 aromatic rings. The molecule has 0 saturated carbocycles. The maximum atomic E-state index is 13.3. The smallest absolute Gasteiger partial charge is 0.256 e. The first kappa shape index (κ1) is 23.5. The third-order valence-corrected chi connectivity index (χ3v) is 6.30. The van der Waals surface area contributed by atoms with Crippen LogP contribution in [0.3, 0.4) is 0 Å². The number of nitrogens with zero attached hydrogens (tertiary/aromatic N) is 1. The van der Waals surface area contributed by atoms with Crippen molar-refractivity contribution in [3.8, 4) is 22.8 Å². The second kappa shape index (κ2) is 9.30. The molecule has 4 rings (SSSR count). The van der Waals surface area contributed by atoms with Crippen LogP contribution in [0.15, 0.2) is 71.6 Å². The Morgan fingerprint density at radius 1 is 0.941 bits per heavy atom. The summed E-state index contributed by atoms with van der Waals surface area (Å²) in [5.41, 5.74) is 2.59. The number of aromatic nitrogens is 1. The number of anilines is 1. The first-order valence-electron chi connectivity index (χ1n) is 9.96. The average molecular weight is 498 g/mol. The Labute approximate surface area is 201 Å². The topological polar surface area (TPSA) is 121 Å². The van der Waals surface area contributed by atoms with E-state index in [1.165, 1.54) is 31.4 Å². The number of nitrogens with one attached hydrogen (secondary N) is 1. The van der Waals surface area contributed by atoms with E-state index in [-0.39, 0.29) is 4.90 Å². The quantitative estimate of drug-likeness (QED) is 0.405. The van der Waals surface area contributed by atoms with Gasteiger partial charge in [0.1, 0.15) is 0 Å². The fourth-order valence-electron chi connectivity index (χ4n) is 3.46. The lowest BCUT2D eigenvalue weighted by molar-refractivity contribution is 0.102. The fourth-order valence-corrected chi connectivity index (χ4v) is 4.14. The van der Waals surface area contributed by atoms with Crippen molar-refractivity contribution >= 4 is 44.1 Å². The molecule has 0 aliphatic carbocycles. The predicted molar refractivity (Wildman–Crippen MR) is 131 cm³/mol. The number of fused-ring (bicyclic) bond motifs is 1. The van der Waals surface area contributed by atoms with Gasteiger partial charge in [0.15, 0.2) is 11.5 Å². The van der Waals surface area contributed by atoms with Crippen LogP contribution >= 0.6 is 11.6 Å². The van der Waals surface area contributed by atoms with Crippen molar-refractivity contribution in [2.45, 2.75) is 4.90 Å². The Bertz CT molecular complexity index is 1510. The number of nitrogens with two attached hydrogens (primary N) is 1. The molecule has 0 unspecified atom stereocenters. The molecule has 1 amide bonds.